The molecule has 1 aromatic heterocycles. The predicted octanol–water partition coefficient (Wildman–Crippen LogP) is 3.73. The summed E-state index contributed by atoms with van der Waals surface area (Å²) in [5, 5.41) is 10.8. The van der Waals surface area contributed by atoms with Gasteiger partial charge in [0, 0.05) is 17.1 Å². The number of aromatic nitrogens is 1. The number of fused-ring (bicyclic) bond motifs is 1. The number of benzene rings is 1. The van der Waals surface area contributed by atoms with Gasteiger partial charge in [0.05, 0.1) is 5.60 Å². The van der Waals surface area contributed by atoms with Gasteiger partial charge in [0.15, 0.2) is 0 Å². The van der Waals surface area contributed by atoms with Crippen molar-refractivity contribution in [3.8, 4) is 0 Å². The number of rotatable bonds is 4. The van der Waals surface area contributed by atoms with E-state index in [1.807, 2.05) is 32.2 Å². The third kappa shape index (κ3) is 3.21. The number of H-pyrrole nitrogens is 1. The van der Waals surface area contributed by atoms with Crippen LogP contribution in [-0.4, -0.2) is 15.7 Å². The van der Waals surface area contributed by atoms with Crippen molar-refractivity contribution < 1.29 is 5.11 Å². The Labute approximate surface area is 102 Å². The van der Waals surface area contributed by atoms with Crippen molar-refractivity contribution in [2.45, 2.75) is 32.3 Å². The summed E-state index contributed by atoms with van der Waals surface area (Å²) in [6.45, 7) is 3.68. The molecule has 0 spiro atoms. The van der Waals surface area contributed by atoms with Gasteiger partial charge in [0.2, 0.25) is 0 Å². The van der Waals surface area contributed by atoms with Crippen molar-refractivity contribution in [3.05, 3.63) is 42.1 Å². The van der Waals surface area contributed by atoms with E-state index in [1.165, 1.54) is 10.9 Å². The molecular formula is C15H19NO. The maximum absolute atomic E-state index is 9.61. The normalized spacial score (nSPS) is 12.6. The molecule has 17 heavy (non-hydrogen) atoms. The van der Waals surface area contributed by atoms with E-state index in [4.69, 9.17) is 0 Å². The molecule has 0 aliphatic carbocycles. The Morgan fingerprint density at radius 1 is 1.29 bits per heavy atom. The molecule has 0 unspecified atom stereocenters. The molecule has 90 valence electrons. The summed E-state index contributed by atoms with van der Waals surface area (Å²) in [5.41, 5.74) is 1.79. The Morgan fingerprint density at radius 3 is 2.82 bits per heavy atom. The highest BCUT2D eigenvalue weighted by Gasteiger charge is 2.09. The number of hydrogen-bond donors (Lipinski definition) is 2. The fraction of sp³-hybridized carbons (Fsp3) is 0.333. The molecule has 1 heterocycles. The minimum Gasteiger partial charge on any atom is -0.390 e. The van der Waals surface area contributed by atoms with Gasteiger partial charge >= 0.3 is 0 Å². The van der Waals surface area contributed by atoms with E-state index in [-0.39, 0.29) is 0 Å². The van der Waals surface area contributed by atoms with E-state index < -0.39 is 5.60 Å². The van der Waals surface area contributed by atoms with Crippen LogP contribution in [0.1, 0.15) is 32.3 Å². The second-order valence-corrected chi connectivity index (χ2v) is 5.04. The lowest BCUT2D eigenvalue weighted by Gasteiger charge is -2.14. The second kappa shape index (κ2) is 4.76. The Hall–Kier alpha value is -1.54. The Kier molecular flexibility index (Phi) is 3.34. The third-order valence-electron chi connectivity index (χ3n) is 2.84. The lowest BCUT2D eigenvalue weighted by Crippen LogP contribution is -2.17. The fourth-order valence-corrected chi connectivity index (χ4v) is 1.88. The molecule has 1 aromatic carbocycles. The summed E-state index contributed by atoms with van der Waals surface area (Å²) in [7, 11) is 0. The second-order valence-electron chi connectivity index (χ2n) is 5.04. The lowest BCUT2D eigenvalue weighted by molar-refractivity contribution is 0.0722. The van der Waals surface area contributed by atoms with Gasteiger partial charge in [-0.2, -0.15) is 0 Å². The van der Waals surface area contributed by atoms with Crippen LogP contribution >= 0.6 is 0 Å². The average Bonchev–Trinajstić information content (AvgIpc) is 2.67. The molecule has 2 N–H and O–H groups in total. The zero-order valence-corrected chi connectivity index (χ0v) is 10.4. The van der Waals surface area contributed by atoms with E-state index >= 15 is 0 Å². The smallest absolute Gasteiger partial charge is 0.0594 e. The molecule has 0 aliphatic heterocycles. The zero-order valence-electron chi connectivity index (χ0n) is 10.4. The fourth-order valence-electron chi connectivity index (χ4n) is 1.88. The molecule has 0 saturated carbocycles. The van der Waals surface area contributed by atoms with E-state index in [2.05, 4.69) is 29.3 Å². The zero-order chi connectivity index (χ0) is 12.3. The summed E-state index contributed by atoms with van der Waals surface area (Å²) in [6, 6.07) is 8.26. The molecular weight excluding hydrogens is 210 g/mol. The minimum absolute atomic E-state index is 0.579. The summed E-state index contributed by atoms with van der Waals surface area (Å²) >= 11 is 0. The monoisotopic (exact) mass is 229 g/mol. The highest BCUT2D eigenvalue weighted by Crippen LogP contribution is 2.19. The summed E-state index contributed by atoms with van der Waals surface area (Å²) in [6.07, 6.45) is 7.93. The van der Waals surface area contributed by atoms with Gasteiger partial charge < -0.3 is 10.1 Å². The maximum atomic E-state index is 9.61. The molecule has 2 heteroatoms. The number of nitrogens with one attached hydrogen (secondary N) is 1. The molecule has 0 aliphatic rings. The first-order valence-corrected chi connectivity index (χ1v) is 6.01. The van der Waals surface area contributed by atoms with Crippen LogP contribution in [0.4, 0.5) is 0 Å². The van der Waals surface area contributed by atoms with Crippen molar-refractivity contribution in [1.82, 2.24) is 4.98 Å². The van der Waals surface area contributed by atoms with Crippen LogP contribution in [0.15, 0.2) is 36.5 Å². The van der Waals surface area contributed by atoms with E-state index in [0.717, 1.165) is 18.4 Å². The molecule has 0 saturated heterocycles. The van der Waals surface area contributed by atoms with Crippen molar-refractivity contribution in [2.24, 2.45) is 0 Å². The average molecular weight is 229 g/mol. The number of hydrogen-bond acceptors (Lipinski definition) is 1. The lowest BCUT2D eigenvalue weighted by atomic mass is 10.0. The van der Waals surface area contributed by atoms with Gasteiger partial charge in [0.1, 0.15) is 0 Å². The third-order valence-corrected chi connectivity index (χ3v) is 2.84. The highest BCUT2D eigenvalue weighted by molar-refractivity contribution is 5.88. The van der Waals surface area contributed by atoms with E-state index in [9.17, 15) is 5.11 Å². The molecule has 0 amide bonds. The van der Waals surface area contributed by atoms with Crippen LogP contribution in [0.25, 0.3) is 17.0 Å². The van der Waals surface area contributed by atoms with Crippen LogP contribution < -0.4 is 0 Å². The van der Waals surface area contributed by atoms with Crippen molar-refractivity contribution in [1.29, 1.82) is 0 Å². The SMILES string of the molecule is CC(C)(O)CC/C=C/c1c[nH]c2ccccc12. The van der Waals surface area contributed by atoms with Crippen molar-refractivity contribution in [2.75, 3.05) is 0 Å². The summed E-state index contributed by atoms with van der Waals surface area (Å²) < 4.78 is 0. The molecule has 0 radical (unpaired) electrons. The van der Waals surface area contributed by atoms with Gasteiger partial charge in [-0.05, 0) is 38.3 Å². The molecule has 0 bridgehead atoms. The van der Waals surface area contributed by atoms with Crippen molar-refractivity contribution >= 4 is 17.0 Å². The maximum Gasteiger partial charge on any atom is 0.0594 e. The van der Waals surface area contributed by atoms with Gasteiger partial charge in [-0.3, -0.25) is 0 Å². The highest BCUT2D eigenvalue weighted by atomic mass is 16.3. The summed E-state index contributed by atoms with van der Waals surface area (Å²) in [4.78, 5) is 3.24. The standard InChI is InChI=1S/C15H19NO/c1-15(2,17)10-6-5-7-12-11-16-14-9-4-3-8-13(12)14/h3-5,7-9,11,16-17H,6,10H2,1-2H3/b7-5+. The quantitative estimate of drug-likeness (QED) is 0.823. The Balaban J connectivity index is 2.06. The van der Waals surface area contributed by atoms with E-state index in [0.29, 0.717) is 0 Å². The minimum atomic E-state index is -0.579. The van der Waals surface area contributed by atoms with Crippen LogP contribution in [-0.2, 0) is 0 Å². The number of aromatic amines is 1. The molecule has 2 aromatic rings. The van der Waals surface area contributed by atoms with Crippen LogP contribution in [0.2, 0.25) is 0 Å². The van der Waals surface area contributed by atoms with Crippen molar-refractivity contribution in [3.63, 3.8) is 0 Å². The Morgan fingerprint density at radius 2 is 2.06 bits per heavy atom. The van der Waals surface area contributed by atoms with Gasteiger partial charge in [0.25, 0.3) is 0 Å². The topological polar surface area (TPSA) is 36.0 Å². The first-order valence-electron chi connectivity index (χ1n) is 6.01. The summed E-state index contributed by atoms with van der Waals surface area (Å²) in [5.74, 6) is 0. The largest absolute Gasteiger partial charge is 0.390 e. The molecule has 0 atom stereocenters. The number of aliphatic hydroxyl groups is 1. The first-order chi connectivity index (χ1) is 8.06. The molecule has 2 rings (SSSR count). The van der Waals surface area contributed by atoms with Crippen LogP contribution in [0.5, 0.6) is 0 Å². The first kappa shape index (κ1) is 11.9. The number of allylic oxidation sites excluding steroid dienone is 1. The van der Waals surface area contributed by atoms with Crippen LogP contribution in [0.3, 0.4) is 0 Å². The predicted molar refractivity (Wildman–Crippen MR) is 72.9 cm³/mol. The molecule has 0 fully saturated rings. The van der Waals surface area contributed by atoms with Crippen LogP contribution in [0, 0.1) is 0 Å². The van der Waals surface area contributed by atoms with E-state index in [1.54, 1.807) is 0 Å². The van der Waals surface area contributed by atoms with Gasteiger partial charge in [-0.1, -0.05) is 30.4 Å². The number of para-hydroxylation sites is 1. The Bertz CT molecular complexity index is 517. The van der Waals surface area contributed by atoms with Gasteiger partial charge in [-0.25, -0.2) is 0 Å². The molecule has 2 nitrogen and oxygen atoms in total. The van der Waals surface area contributed by atoms with Gasteiger partial charge in [-0.15, -0.1) is 0 Å².